The van der Waals surface area contributed by atoms with Gasteiger partial charge in [0, 0.05) is 30.7 Å². The summed E-state index contributed by atoms with van der Waals surface area (Å²) in [5.74, 6) is 2.59. The average molecular weight is 420 g/mol. The molecule has 8 nitrogen and oxygen atoms in total. The van der Waals surface area contributed by atoms with Crippen molar-refractivity contribution in [1.29, 1.82) is 0 Å². The Kier molecular flexibility index (Phi) is 6.53. The highest BCUT2D eigenvalue weighted by molar-refractivity contribution is 7.98. The lowest BCUT2D eigenvalue weighted by atomic mass is 10.2. The van der Waals surface area contributed by atoms with Gasteiger partial charge in [0.05, 0.1) is 25.5 Å². The van der Waals surface area contributed by atoms with E-state index in [-0.39, 0.29) is 5.91 Å². The van der Waals surface area contributed by atoms with Crippen molar-refractivity contribution < 1.29 is 14.3 Å². The molecule has 10 heteroatoms. The standard InChI is InChI=1S/C18H21N5O3S2/c1-5-23(11(2)24)18-19-12(10-28-18)9-27-17-20-16(21-22-17)14-7-6-13(25-3)8-15(14)26-4/h6-8,10H,5,9H2,1-4H3,(H,20,21,22). The van der Waals surface area contributed by atoms with E-state index in [1.807, 2.05) is 24.4 Å². The Hall–Kier alpha value is -2.59. The fourth-order valence-electron chi connectivity index (χ4n) is 2.54. The monoisotopic (exact) mass is 419 g/mol. The fourth-order valence-corrected chi connectivity index (χ4v) is 4.27. The van der Waals surface area contributed by atoms with E-state index in [2.05, 4.69) is 20.2 Å². The van der Waals surface area contributed by atoms with Crippen molar-refractivity contribution in [3.8, 4) is 22.9 Å². The zero-order chi connectivity index (χ0) is 20.1. The molecule has 0 unspecified atom stereocenters. The van der Waals surface area contributed by atoms with Crippen molar-refractivity contribution in [2.45, 2.75) is 24.8 Å². The molecule has 1 amide bonds. The summed E-state index contributed by atoms with van der Waals surface area (Å²) in [5.41, 5.74) is 1.69. The number of nitrogens with zero attached hydrogens (tertiary/aromatic N) is 4. The smallest absolute Gasteiger partial charge is 0.225 e. The van der Waals surface area contributed by atoms with Gasteiger partial charge in [0.2, 0.25) is 11.1 Å². The number of thiazole rings is 1. The fraction of sp³-hybridized carbons (Fsp3) is 0.333. The van der Waals surface area contributed by atoms with Crippen LogP contribution in [0.1, 0.15) is 19.5 Å². The normalized spacial score (nSPS) is 10.7. The van der Waals surface area contributed by atoms with Crippen LogP contribution in [0.5, 0.6) is 11.5 Å². The molecule has 0 saturated carbocycles. The molecule has 1 aromatic carbocycles. The number of hydrogen-bond acceptors (Lipinski definition) is 8. The summed E-state index contributed by atoms with van der Waals surface area (Å²) in [7, 11) is 3.21. The molecule has 0 aliphatic carbocycles. The summed E-state index contributed by atoms with van der Waals surface area (Å²) in [6.45, 7) is 4.07. The third kappa shape index (κ3) is 4.45. The van der Waals surface area contributed by atoms with Gasteiger partial charge in [-0.3, -0.25) is 14.8 Å². The van der Waals surface area contributed by atoms with Crippen molar-refractivity contribution in [2.24, 2.45) is 0 Å². The van der Waals surface area contributed by atoms with Crippen LogP contribution >= 0.6 is 23.1 Å². The molecule has 3 rings (SSSR count). The van der Waals surface area contributed by atoms with Crippen LogP contribution < -0.4 is 14.4 Å². The van der Waals surface area contributed by atoms with Gasteiger partial charge >= 0.3 is 0 Å². The number of aromatic amines is 1. The predicted octanol–water partition coefficient (Wildman–Crippen LogP) is 3.61. The van der Waals surface area contributed by atoms with Crippen LogP contribution in [-0.2, 0) is 10.5 Å². The Morgan fingerprint density at radius 3 is 2.79 bits per heavy atom. The van der Waals surface area contributed by atoms with E-state index >= 15 is 0 Å². The third-order valence-corrected chi connectivity index (χ3v) is 5.74. The van der Waals surface area contributed by atoms with E-state index in [0.29, 0.717) is 39.9 Å². The third-order valence-electron chi connectivity index (χ3n) is 3.94. The number of anilines is 1. The van der Waals surface area contributed by atoms with Gasteiger partial charge < -0.3 is 9.47 Å². The van der Waals surface area contributed by atoms with Crippen molar-refractivity contribution in [1.82, 2.24) is 20.2 Å². The first-order chi connectivity index (χ1) is 13.5. The molecule has 0 aliphatic heterocycles. The number of aromatic nitrogens is 4. The number of methoxy groups -OCH3 is 2. The number of benzene rings is 1. The van der Waals surface area contributed by atoms with Crippen LogP contribution in [0.25, 0.3) is 11.4 Å². The average Bonchev–Trinajstić information content (AvgIpc) is 3.35. The van der Waals surface area contributed by atoms with E-state index < -0.39 is 0 Å². The van der Waals surface area contributed by atoms with Crippen LogP contribution in [0.3, 0.4) is 0 Å². The van der Waals surface area contributed by atoms with Crippen LogP contribution in [0.15, 0.2) is 28.7 Å². The number of hydrogen-bond donors (Lipinski definition) is 1. The first kappa shape index (κ1) is 20.2. The number of rotatable bonds is 8. The van der Waals surface area contributed by atoms with Crippen LogP contribution in [0, 0.1) is 0 Å². The summed E-state index contributed by atoms with van der Waals surface area (Å²) in [6.07, 6.45) is 0. The van der Waals surface area contributed by atoms with Gasteiger partial charge in [-0.05, 0) is 19.1 Å². The lowest BCUT2D eigenvalue weighted by molar-refractivity contribution is -0.116. The van der Waals surface area contributed by atoms with Gasteiger partial charge in [0.1, 0.15) is 11.5 Å². The Morgan fingerprint density at radius 2 is 2.11 bits per heavy atom. The van der Waals surface area contributed by atoms with Crippen molar-refractivity contribution in [3.63, 3.8) is 0 Å². The molecule has 28 heavy (non-hydrogen) atoms. The van der Waals surface area contributed by atoms with Crippen LogP contribution in [-0.4, -0.2) is 46.8 Å². The summed E-state index contributed by atoms with van der Waals surface area (Å²) < 4.78 is 10.6. The quantitative estimate of drug-likeness (QED) is 0.558. The highest BCUT2D eigenvalue weighted by atomic mass is 32.2. The van der Waals surface area contributed by atoms with Gasteiger partial charge in [-0.15, -0.1) is 16.4 Å². The number of nitrogens with one attached hydrogen (secondary N) is 1. The SMILES string of the molecule is CCN(C(C)=O)c1nc(CSc2n[nH]c(-c3ccc(OC)cc3OC)n2)cs1. The summed E-state index contributed by atoms with van der Waals surface area (Å²) in [5, 5.41) is 10.5. The first-order valence-electron chi connectivity index (χ1n) is 8.55. The lowest BCUT2D eigenvalue weighted by Gasteiger charge is -2.14. The Balaban J connectivity index is 1.69. The number of carbonyl (C=O) groups is 1. The highest BCUT2D eigenvalue weighted by Gasteiger charge is 2.15. The molecule has 2 aromatic heterocycles. The van der Waals surface area contributed by atoms with Crippen molar-refractivity contribution in [2.75, 3.05) is 25.7 Å². The summed E-state index contributed by atoms with van der Waals surface area (Å²) in [6, 6.07) is 5.52. The molecule has 0 radical (unpaired) electrons. The van der Waals surface area contributed by atoms with Gasteiger partial charge in [-0.2, -0.15) is 0 Å². The molecule has 0 bridgehead atoms. The Bertz CT molecular complexity index is 956. The van der Waals surface area contributed by atoms with Gasteiger partial charge in [-0.1, -0.05) is 11.8 Å². The van der Waals surface area contributed by atoms with Gasteiger partial charge in [0.15, 0.2) is 11.0 Å². The van der Waals surface area contributed by atoms with E-state index in [9.17, 15) is 4.79 Å². The van der Waals surface area contributed by atoms with E-state index in [0.717, 1.165) is 11.3 Å². The lowest BCUT2D eigenvalue weighted by Crippen LogP contribution is -2.27. The highest BCUT2D eigenvalue weighted by Crippen LogP contribution is 2.32. The molecule has 0 aliphatic rings. The Labute approximate surface area is 171 Å². The molecular formula is C18H21N5O3S2. The van der Waals surface area contributed by atoms with E-state index in [4.69, 9.17) is 9.47 Å². The zero-order valence-electron chi connectivity index (χ0n) is 16.1. The van der Waals surface area contributed by atoms with Crippen LogP contribution in [0.2, 0.25) is 0 Å². The molecule has 148 valence electrons. The number of carbonyl (C=O) groups excluding carboxylic acids is 1. The summed E-state index contributed by atoms with van der Waals surface area (Å²) >= 11 is 2.93. The molecular weight excluding hydrogens is 398 g/mol. The number of H-pyrrole nitrogens is 1. The van der Waals surface area contributed by atoms with E-state index in [1.54, 1.807) is 32.1 Å². The molecule has 0 saturated heterocycles. The van der Waals surface area contributed by atoms with Gasteiger partial charge in [-0.25, -0.2) is 9.97 Å². The molecule has 0 fully saturated rings. The molecule has 0 atom stereocenters. The second-order valence-corrected chi connectivity index (χ2v) is 7.49. The minimum atomic E-state index is -0.0110. The molecule has 3 aromatic rings. The molecule has 2 heterocycles. The van der Waals surface area contributed by atoms with Gasteiger partial charge in [0.25, 0.3) is 0 Å². The largest absolute Gasteiger partial charge is 0.497 e. The van der Waals surface area contributed by atoms with E-state index in [1.165, 1.54) is 23.1 Å². The zero-order valence-corrected chi connectivity index (χ0v) is 17.7. The maximum absolute atomic E-state index is 11.6. The molecule has 0 spiro atoms. The van der Waals surface area contributed by atoms with Crippen molar-refractivity contribution in [3.05, 3.63) is 29.3 Å². The minimum Gasteiger partial charge on any atom is -0.497 e. The first-order valence-corrected chi connectivity index (χ1v) is 10.4. The summed E-state index contributed by atoms with van der Waals surface area (Å²) in [4.78, 5) is 22.4. The topological polar surface area (TPSA) is 93.2 Å². The molecule has 1 N–H and O–H groups in total. The number of ether oxygens (including phenoxy) is 2. The maximum atomic E-state index is 11.6. The predicted molar refractivity (Wildman–Crippen MR) is 110 cm³/mol. The van der Waals surface area contributed by atoms with Crippen LogP contribution in [0.4, 0.5) is 5.13 Å². The minimum absolute atomic E-state index is 0.0110. The number of thioether (sulfide) groups is 1. The number of amides is 1. The Morgan fingerprint density at radius 1 is 1.29 bits per heavy atom. The van der Waals surface area contributed by atoms with Crippen molar-refractivity contribution >= 4 is 34.1 Å². The second-order valence-electron chi connectivity index (χ2n) is 5.71. The second kappa shape index (κ2) is 9.07. The maximum Gasteiger partial charge on any atom is 0.225 e.